The molecule has 2 rings (SSSR count). The minimum atomic E-state index is -0.550. The van der Waals surface area contributed by atoms with Gasteiger partial charge >= 0.3 is 0 Å². The van der Waals surface area contributed by atoms with Gasteiger partial charge in [0.05, 0.1) is 10.6 Å². The third-order valence-electron chi connectivity index (χ3n) is 3.05. The molecule has 0 aliphatic heterocycles. The Hall–Kier alpha value is -2.21. The fourth-order valence-corrected chi connectivity index (χ4v) is 2.60. The lowest BCUT2D eigenvalue weighted by atomic mass is 10.1. The highest BCUT2D eigenvalue weighted by Gasteiger charge is 2.22. The Labute approximate surface area is 130 Å². The van der Waals surface area contributed by atoms with Crippen molar-refractivity contribution in [3.8, 4) is 0 Å². The van der Waals surface area contributed by atoms with Gasteiger partial charge in [-0.3, -0.25) is 14.9 Å². The minimum Gasteiger partial charge on any atom is -0.321 e. The van der Waals surface area contributed by atoms with Gasteiger partial charge in [-0.25, -0.2) is 0 Å². The van der Waals surface area contributed by atoms with Crippen LogP contribution < -0.4 is 5.32 Å². The first-order chi connectivity index (χ1) is 9.90. The number of amides is 1. The van der Waals surface area contributed by atoms with Crippen LogP contribution in [0.2, 0.25) is 0 Å². The molecule has 0 bridgehead atoms. The van der Waals surface area contributed by atoms with Crippen LogP contribution in [0.3, 0.4) is 0 Å². The molecule has 0 spiro atoms. The van der Waals surface area contributed by atoms with Crippen LogP contribution in [0.25, 0.3) is 0 Å². The number of carbonyl (C=O) groups is 1. The van der Waals surface area contributed by atoms with Crippen molar-refractivity contribution in [2.24, 2.45) is 0 Å². The quantitative estimate of drug-likeness (QED) is 0.666. The van der Waals surface area contributed by atoms with E-state index in [2.05, 4.69) is 21.2 Å². The Morgan fingerprint density at radius 2 is 1.95 bits per heavy atom. The number of benzene rings is 2. The van der Waals surface area contributed by atoms with Crippen LogP contribution in [0.4, 0.5) is 11.4 Å². The summed E-state index contributed by atoms with van der Waals surface area (Å²) >= 11 is 3.37. The largest absolute Gasteiger partial charge is 0.321 e. The van der Waals surface area contributed by atoms with Gasteiger partial charge < -0.3 is 5.32 Å². The number of nitrogens with zero attached hydrogens (tertiary/aromatic N) is 1. The second kappa shape index (κ2) is 6.05. The number of anilines is 1. The molecule has 0 unspecified atom stereocenters. The van der Waals surface area contributed by atoms with Gasteiger partial charge in [0, 0.05) is 10.5 Å². The van der Waals surface area contributed by atoms with E-state index in [1.54, 1.807) is 25.1 Å². The highest BCUT2D eigenvalue weighted by atomic mass is 79.9. The van der Waals surface area contributed by atoms with Crippen LogP contribution >= 0.6 is 15.9 Å². The van der Waals surface area contributed by atoms with E-state index in [1.807, 2.05) is 19.1 Å². The molecule has 0 atom stereocenters. The number of nitro benzene ring substituents is 1. The smallest absolute Gasteiger partial charge is 0.282 e. The summed E-state index contributed by atoms with van der Waals surface area (Å²) in [5, 5.41) is 13.8. The van der Waals surface area contributed by atoms with E-state index in [0.29, 0.717) is 11.3 Å². The van der Waals surface area contributed by atoms with Crippen molar-refractivity contribution in [3.05, 3.63) is 67.7 Å². The summed E-state index contributed by atoms with van der Waals surface area (Å²) in [6.45, 7) is 3.61. The van der Waals surface area contributed by atoms with E-state index in [4.69, 9.17) is 0 Å². The van der Waals surface area contributed by atoms with E-state index in [9.17, 15) is 14.9 Å². The molecule has 5 nitrogen and oxygen atoms in total. The average Bonchev–Trinajstić information content (AvgIpc) is 2.41. The normalized spacial score (nSPS) is 10.2. The first kappa shape index (κ1) is 15.2. The number of halogens is 1. The highest BCUT2D eigenvalue weighted by Crippen LogP contribution is 2.27. The molecule has 6 heteroatoms. The Morgan fingerprint density at radius 3 is 2.57 bits per heavy atom. The zero-order chi connectivity index (χ0) is 15.6. The predicted octanol–water partition coefficient (Wildman–Crippen LogP) is 4.23. The zero-order valence-corrected chi connectivity index (χ0v) is 13.1. The Morgan fingerprint density at radius 1 is 1.24 bits per heavy atom. The maximum Gasteiger partial charge on any atom is 0.282 e. The third kappa shape index (κ3) is 3.28. The molecule has 0 radical (unpaired) electrons. The number of aryl methyl sites for hydroxylation is 2. The van der Waals surface area contributed by atoms with Crippen molar-refractivity contribution in [2.45, 2.75) is 13.8 Å². The van der Waals surface area contributed by atoms with E-state index >= 15 is 0 Å². The van der Waals surface area contributed by atoms with Crippen molar-refractivity contribution in [2.75, 3.05) is 5.32 Å². The maximum absolute atomic E-state index is 12.4. The number of nitro groups is 1. The van der Waals surface area contributed by atoms with Crippen LogP contribution in [-0.2, 0) is 0 Å². The molecule has 21 heavy (non-hydrogen) atoms. The molecule has 0 heterocycles. The molecule has 0 aromatic heterocycles. The SMILES string of the molecule is Cc1ccc(NC(=O)c2c(C)cccc2[N+](=O)[O-])c(Br)c1. The van der Waals surface area contributed by atoms with Gasteiger partial charge in [0.25, 0.3) is 11.6 Å². The van der Waals surface area contributed by atoms with Crippen LogP contribution in [0.5, 0.6) is 0 Å². The van der Waals surface area contributed by atoms with Crippen LogP contribution in [0, 0.1) is 24.0 Å². The fourth-order valence-electron chi connectivity index (χ4n) is 2.01. The number of hydrogen-bond donors (Lipinski definition) is 1. The maximum atomic E-state index is 12.4. The number of hydrogen-bond acceptors (Lipinski definition) is 3. The van der Waals surface area contributed by atoms with E-state index in [-0.39, 0.29) is 11.3 Å². The topological polar surface area (TPSA) is 72.2 Å². The second-order valence-electron chi connectivity index (χ2n) is 4.66. The van der Waals surface area contributed by atoms with Crippen LogP contribution in [0.15, 0.2) is 40.9 Å². The summed E-state index contributed by atoms with van der Waals surface area (Å²) in [7, 11) is 0. The van der Waals surface area contributed by atoms with Crippen molar-refractivity contribution >= 4 is 33.2 Å². The van der Waals surface area contributed by atoms with Crippen LogP contribution in [-0.4, -0.2) is 10.8 Å². The first-order valence-corrected chi connectivity index (χ1v) is 7.01. The number of carbonyl (C=O) groups excluding carboxylic acids is 1. The van der Waals surface area contributed by atoms with E-state index < -0.39 is 10.8 Å². The number of nitrogens with one attached hydrogen (secondary N) is 1. The molecular formula is C15H13BrN2O3. The summed E-state index contributed by atoms with van der Waals surface area (Å²) in [6.07, 6.45) is 0. The van der Waals surface area contributed by atoms with E-state index in [1.165, 1.54) is 6.07 Å². The summed E-state index contributed by atoms with van der Waals surface area (Å²) in [5.41, 5.74) is 2.06. The third-order valence-corrected chi connectivity index (χ3v) is 3.70. The zero-order valence-electron chi connectivity index (χ0n) is 11.5. The lowest BCUT2D eigenvalue weighted by Crippen LogP contribution is -2.15. The molecule has 1 amide bonds. The molecule has 1 N–H and O–H groups in total. The van der Waals surface area contributed by atoms with Gasteiger partial charge in [0.1, 0.15) is 5.56 Å². The van der Waals surface area contributed by atoms with Gasteiger partial charge in [0.2, 0.25) is 0 Å². The van der Waals surface area contributed by atoms with Crippen LogP contribution in [0.1, 0.15) is 21.5 Å². The molecule has 0 aliphatic rings. The molecule has 0 saturated heterocycles. The summed E-state index contributed by atoms with van der Waals surface area (Å²) in [5.74, 6) is -0.496. The van der Waals surface area contributed by atoms with E-state index in [0.717, 1.165) is 10.0 Å². The highest BCUT2D eigenvalue weighted by molar-refractivity contribution is 9.10. The molecule has 0 aliphatic carbocycles. The van der Waals surface area contributed by atoms with Gasteiger partial charge in [-0.2, -0.15) is 0 Å². The monoisotopic (exact) mass is 348 g/mol. The van der Waals surface area contributed by atoms with Crippen molar-refractivity contribution in [3.63, 3.8) is 0 Å². The van der Waals surface area contributed by atoms with Crippen molar-refractivity contribution < 1.29 is 9.72 Å². The molecule has 108 valence electrons. The van der Waals surface area contributed by atoms with Gasteiger partial charge in [-0.15, -0.1) is 0 Å². The minimum absolute atomic E-state index is 0.0787. The lowest BCUT2D eigenvalue weighted by molar-refractivity contribution is -0.385. The van der Waals surface area contributed by atoms with Gasteiger partial charge in [-0.05, 0) is 53.0 Å². The summed E-state index contributed by atoms with van der Waals surface area (Å²) in [6, 6.07) is 10.0. The summed E-state index contributed by atoms with van der Waals surface area (Å²) < 4.78 is 0.729. The molecule has 2 aromatic rings. The first-order valence-electron chi connectivity index (χ1n) is 6.21. The molecule has 0 fully saturated rings. The molecular weight excluding hydrogens is 336 g/mol. The standard InChI is InChI=1S/C15H13BrN2O3/c1-9-6-7-12(11(16)8-9)17-15(19)14-10(2)4-3-5-13(14)18(20)21/h3-8H,1-2H3,(H,17,19). The Balaban J connectivity index is 2.39. The average molecular weight is 349 g/mol. The Kier molecular flexibility index (Phi) is 4.37. The lowest BCUT2D eigenvalue weighted by Gasteiger charge is -2.10. The van der Waals surface area contributed by atoms with Crippen molar-refractivity contribution in [1.82, 2.24) is 0 Å². The van der Waals surface area contributed by atoms with Gasteiger partial charge in [0.15, 0.2) is 0 Å². The Bertz CT molecular complexity index is 729. The summed E-state index contributed by atoms with van der Waals surface area (Å²) in [4.78, 5) is 22.9. The second-order valence-corrected chi connectivity index (χ2v) is 5.52. The number of rotatable bonds is 3. The predicted molar refractivity (Wildman–Crippen MR) is 84.7 cm³/mol. The molecule has 0 saturated carbocycles. The molecule has 2 aromatic carbocycles. The fraction of sp³-hybridized carbons (Fsp3) is 0.133. The van der Waals surface area contributed by atoms with Gasteiger partial charge in [-0.1, -0.05) is 18.2 Å². The van der Waals surface area contributed by atoms with Crippen molar-refractivity contribution in [1.29, 1.82) is 0 Å².